The van der Waals surface area contributed by atoms with E-state index in [0.717, 1.165) is 6.07 Å². The number of rotatable bonds is 4. The second-order valence-corrected chi connectivity index (χ2v) is 7.25. The first-order valence-corrected chi connectivity index (χ1v) is 9.38. The maximum atomic E-state index is 14.6. The highest BCUT2D eigenvalue weighted by Crippen LogP contribution is 2.29. The van der Waals surface area contributed by atoms with Crippen molar-refractivity contribution in [1.29, 1.82) is 0 Å². The van der Waals surface area contributed by atoms with Crippen molar-refractivity contribution in [3.63, 3.8) is 0 Å². The minimum Gasteiger partial charge on any atom is -0.391 e. The van der Waals surface area contributed by atoms with E-state index in [1.54, 1.807) is 49.1 Å². The highest BCUT2D eigenvalue weighted by Gasteiger charge is 2.17. The normalized spacial score (nSPS) is 11.2. The molecule has 0 saturated heterocycles. The van der Waals surface area contributed by atoms with Crippen molar-refractivity contribution in [3.8, 4) is 22.4 Å². The van der Waals surface area contributed by atoms with Gasteiger partial charge in [-0.2, -0.15) is 0 Å². The molecule has 4 aromatic rings. The summed E-state index contributed by atoms with van der Waals surface area (Å²) in [6.45, 7) is -0.749. The second-order valence-electron chi connectivity index (χ2n) is 7.25. The Morgan fingerprint density at radius 3 is 2.42 bits per heavy atom. The van der Waals surface area contributed by atoms with Gasteiger partial charge in [0, 0.05) is 48.7 Å². The van der Waals surface area contributed by atoms with E-state index < -0.39 is 35.5 Å². The van der Waals surface area contributed by atoms with Gasteiger partial charge in [0.25, 0.3) is 5.91 Å². The van der Waals surface area contributed by atoms with Crippen molar-refractivity contribution in [2.75, 3.05) is 14.1 Å². The topological polar surface area (TPSA) is 57.8 Å². The average Bonchev–Trinajstić information content (AvgIpc) is 3.17. The Morgan fingerprint density at radius 2 is 1.74 bits per heavy atom. The van der Waals surface area contributed by atoms with E-state index in [4.69, 9.17) is 0 Å². The molecule has 0 bridgehead atoms. The minimum absolute atomic E-state index is 0.0359. The van der Waals surface area contributed by atoms with E-state index in [1.807, 2.05) is 0 Å². The Morgan fingerprint density at radius 1 is 1.00 bits per heavy atom. The van der Waals surface area contributed by atoms with Gasteiger partial charge in [0.1, 0.15) is 23.1 Å². The van der Waals surface area contributed by atoms with Crippen LogP contribution in [0.2, 0.25) is 0 Å². The summed E-state index contributed by atoms with van der Waals surface area (Å²) < 4.78 is 44.4. The fraction of sp³-hybridized carbons (Fsp3) is 0.130. The number of hydrogen-bond donors (Lipinski definition) is 1. The van der Waals surface area contributed by atoms with E-state index in [2.05, 4.69) is 4.98 Å². The van der Waals surface area contributed by atoms with E-state index >= 15 is 0 Å². The van der Waals surface area contributed by atoms with E-state index in [0.29, 0.717) is 22.5 Å². The Hall–Kier alpha value is -3.65. The van der Waals surface area contributed by atoms with E-state index in [1.165, 1.54) is 23.1 Å². The molecule has 0 radical (unpaired) electrons. The third kappa shape index (κ3) is 3.66. The zero-order valence-corrected chi connectivity index (χ0v) is 16.7. The van der Waals surface area contributed by atoms with Gasteiger partial charge in [-0.25, -0.2) is 18.2 Å². The van der Waals surface area contributed by atoms with Crippen LogP contribution in [0.1, 0.15) is 15.9 Å². The van der Waals surface area contributed by atoms with Crippen LogP contribution in [0.4, 0.5) is 13.2 Å². The van der Waals surface area contributed by atoms with Crippen molar-refractivity contribution in [1.82, 2.24) is 14.3 Å². The fourth-order valence-electron chi connectivity index (χ4n) is 3.34. The van der Waals surface area contributed by atoms with Crippen LogP contribution in [0.25, 0.3) is 28.0 Å². The monoisotopic (exact) mass is 425 g/mol. The molecule has 158 valence electrons. The summed E-state index contributed by atoms with van der Waals surface area (Å²) in [5.74, 6) is -2.73. The zero-order chi connectivity index (χ0) is 22.3. The van der Waals surface area contributed by atoms with Crippen molar-refractivity contribution in [3.05, 3.63) is 83.4 Å². The van der Waals surface area contributed by atoms with Crippen molar-refractivity contribution in [2.24, 2.45) is 0 Å². The van der Waals surface area contributed by atoms with Crippen LogP contribution in [-0.2, 0) is 6.61 Å². The average molecular weight is 425 g/mol. The number of pyridine rings is 1. The molecule has 4 rings (SSSR count). The summed E-state index contributed by atoms with van der Waals surface area (Å²) in [6.07, 6.45) is 3.26. The number of imidazole rings is 1. The lowest BCUT2D eigenvalue weighted by atomic mass is 10.0. The smallest absolute Gasteiger partial charge is 0.256 e. The summed E-state index contributed by atoms with van der Waals surface area (Å²) >= 11 is 0. The predicted octanol–water partition coefficient (Wildman–Crippen LogP) is 4.28. The Kier molecular flexibility index (Phi) is 5.24. The quantitative estimate of drug-likeness (QED) is 0.531. The van der Waals surface area contributed by atoms with Gasteiger partial charge in [-0.1, -0.05) is 6.07 Å². The van der Waals surface area contributed by atoms with Gasteiger partial charge in [-0.15, -0.1) is 0 Å². The Bertz CT molecular complexity index is 1320. The van der Waals surface area contributed by atoms with E-state index in [-0.39, 0.29) is 11.1 Å². The summed E-state index contributed by atoms with van der Waals surface area (Å²) in [5.41, 5.74) is 1.65. The highest BCUT2D eigenvalue weighted by atomic mass is 19.1. The van der Waals surface area contributed by atoms with Gasteiger partial charge in [-0.3, -0.25) is 4.79 Å². The molecule has 2 heterocycles. The predicted molar refractivity (Wildman–Crippen MR) is 110 cm³/mol. The number of amides is 1. The molecule has 0 unspecified atom stereocenters. The number of hydrogen-bond acceptors (Lipinski definition) is 3. The van der Waals surface area contributed by atoms with Crippen molar-refractivity contribution < 1.29 is 23.1 Å². The minimum atomic E-state index is -0.828. The largest absolute Gasteiger partial charge is 0.391 e. The molecule has 5 nitrogen and oxygen atoms in total. The summed E-state index contributed by atoms with van der Waals surface area (Å²) in [5, 5.41) is 9.23. The molecule has 0 aliphatic heterocycles. The molecule has 0 spiro atoms. The number of fused-ring (bicyclic) bond motifs is 1. The molecule has 31 heavy (non-hydrogen) atoms. The van der Waals surface area contributed by atoms with Crippen LogP contribution >= 0.6 is 0 Å². The van der Waals surface area contributed by atoms with E-state index in [9.17, 15) is 23.1 Å². The molecule has 0 fully saturated rings. The van der Waals surface area contributed by atoms with Crippen LogP contribution in [-0.4, -0.2) is 39.4 Å². The number of halogens is 3. The molecule has 2 aromatic heterocycles. The molecule has 0 atom stereocenters. The van der Waals surface area contributed by atoms with Crippen LogP contribution in [0.3, 0.4) is 0 Å². The summed E-state index contributed by atoms with van der Waals surface area (Å²) in [6, 6.07) is 9.95. The number of aliphatic hydroxyl groups excluding tert-OH is 1. The van der Waals surface area contributed by atoms with Gasteiger partial charge in [0.2, 0.25) is 0 Å². The Balaban J connectivity index is 1.74. The molecule has 8 heteroatoms. The third-order valence-corrected chi connectivity index (χ3v) is 5.01. The van der Waals surface area contributed by atoms with Crippen LogP contribution in [0, 0.1) is 17.5 Å². The van der Waals surface area contributed by atoms with Crippen molar-refractivity contribution >= 4 is 11.6 Å². The maximum absolute atomic E-state index is 14.6. The maximum Gasteiger partial charge on any atom is 0.256 e. The van der Waals surface area contributed by atoms with Crippen LogP contribution in [0.5, 0.6) is 0 Å². The second kappa shape index (κ2) is 7.88. The lowest BCUT2D eigenvalue weighted by Gasteiger charge is -2.11. The first-order valence-electron chi connectivity index (χ1n) is 9.38. The number of aliphatic hydroxyl groups is 1. The number of benzene rings is 2. The van der Waals surface area contributed by atoms with Gasteiger partial charge in [-0.05, 0) is 36.4 Å². The van der Waals surface area contributed by atoms with Gasteiger partial charge in [0.15, 0.2) is 0 Å². The molecule has 0 aliphatic carbocycles. The molecular weight excluding hydrogens is 407 g/mol. The van der Waals surface area contributed by atoms with Gasteiger partial charge >= 0.3 is 0 Å². The third-order valence-electron chi connectivity index (χ3n) is 5.01. The van der Waals surface area contributed by atoms with Gasteiger partial charge in [0.05, 0.1) is 17.9 Å². The lowest BCUT2D eigenvalue weighted by Crippen LogP contribution is -2.22. The molecule has 1 amide bonds. The van der Waals surface area contributed by atoms with Crippen LogP contribution in [0.15, 0.2) is 54.9 Å². The Labute approximate surface area is 176 Å². The fourth-order valence-corrected chi connectivity index (χ4v) is 3.34. The summed E-state index contributed by atoms with van der Waals surface area (Å²) in [4.78, 5) is 17.8. The molecular formula is C23H18F3N3O2. The SMILES string of the molecule is CN(C)C(=O)c1ccc(-c2cn3cc(-c4ccc(F)c(CO)c4F)ccc3n2)cc1F. The highest BCUT2D eigenvalue weighted by molar-refractivity contribution is 5.94. The standard InChI is InChI=1S/C23H18F3N3O2/c1-28(2)23(31)16-5-3-13(9-19(16)25)20-11-29-10-14(4-8-21(29)27-20)15-6-7-18(24)17(12-30)22(15)26/h3-11,30H,12H2,1-2H3. The number of aromatic nitrogens is 2. The molecule has 0 aliphatic rings. The first kappa shape index (κ1) is 20.6. The number of carbonyl (C=O) groups excluding carboxylic acids is 1. The molecule has 1 N–H and O–H groups in total. The van der Waals surface area contributed by atoms with Crippen molar-refractivity contribution in [2.45, 2.75) is 6.61 Å². The molecule has 2 aromatic carbocycles. The lowest BCUT2D eigenvalue weighted by molar-refractivity contribution is 0.0823. The molecule has 0 saturated carbocycles. The first-order chi connectivity index (χ1) is 14.8. The van der Waals surface area contributed by atoms with Crippen LogP contribution < -0.4 is 0 Å². The summed E-state index contributed by atoms with van der Waals surface area (Å²) in [7, 11) is 3.09. The number of carbonyl (C=O) groups is 1. The van der Waals surface area contributed by atoms with Gasteiger partial charge < -0.3 is 14.4 Å². The zero-order valence-electron chi connectivity index (χ0n) is 16.7. The number of nitrogens with zero attached hydrogens (tertiary/aromatic N) is 3.